The number of nitrogens with zero attached hydrogens (tertiary/aromatic N) is 1. The van der Waals surface area contributed by atoms with Gasteiger partial charge in [0.05, 0.1) is 12.0 Å². The highest BCUT2D eigenvalue weighted by Crippen LogP contribution is 2.38. The van der Waals surface area contributed by atoms with Crippen LogP contribution < -0.4 is 4.74 Å². The van der Waals surface area contributed by atoms with Gasteiger partial charge in [0.25, 0.3) is 0 Å². The molecule has 6 nitrogen and oxygen atoms in total. The minimum atomic E-state index is -0.676. The first-order valence-corrected chi connectivity index (χ1v) is 8.22. The number of nitro benzene ring substituents is 1. The van der Waals surface area contributed by atoms with E-state index in [2.05, 4.69) is 6.07 Å². The minimum Gasteiger partial charge on any atom is -0.500 e. The fraction of sp³-hybridized carbons (Fsp3) is 0.250. The van der Waals surface area contributed by atoms with Crippen LogP contribution in [-0.4, -0.2) is 22.9 Å². The monoisotopic (exact) mass is 353 g/mol. The first-order chi connectivity index (χ1) is 12.3. The van der Waals surface area contributed by atoms with E-state index in [9.17, 15) is 20.0 Å². The Morgan fingerprint density at radius 1 is 1.19 bits per heavy atom. The second-order valence-corrected chi connectivity index (χ2v) is 6.45. The number of fused-ring (bicyclic) bond motifs is 1. The number of phenols is 1. The van der Waals surface area contributed by atoms with Gasteiger partial charge in [0.15, 0.2) is 11.5 Å². The third-order valence-corrected chi connectivity index (χ3v) is 4.63. The van der Waals surface area contributed by atoms with Crippen LogP contribution in [0.2, 0.25) is 0 Å². The summed E-state index contributed by atoms with van der Waals surface area (Å²) in [7, 11) is 1.32. The summed E-state index contributed by atoms with van der Waals surface area (Å²) in [5.74, 6) is -0.583. The third-order valence-electron chi connectivity index (χ3n) is 4.63. The van der Waals surface area contributed by atoms with E-state index in [4.69, 9.17) is 4.74 Å². The van der Waals surface area contributed by atoms with E-state index in [1.54, 1.807) is 6.08 Å². The fourth-order valence-corrected chi connectivity index (χ4v) is 3.41. The molecule has 0 unspecified atom stereocenters. The summed E-state index contributed by atoms with van der Waals surface area (Å²) < 4.78 is 5.01. The number of carbonyl (C=O) groups is 1. The maximum absolute atomic E-state index is 12.9. The van der Waals surface area contributed by atoms with E-state index in [1.165, 1.54) is 19.2 Å². The molecule has 1 aliphatic carbocycles. The highest BCUT2D eigenvalue weighted by Gasteiger charge is 2.25. The molecule has 0 radical (unpaired) electrons. The van der Waals surface area contributed by atoms with Crippen molar-refractivity contribution in [3.8, 4) is 11.5 Å². The average molecular weight is 353 g/mol. The number of rotatable bonds is 3. The lowest BCUT2D eigenvalue weighted by Crippen LogP contribution is -2.15. The Labute approximate surface area is 150 Å². The van der Waals surface area contributed by atoms with Gasteiger partial charge < -0.3 is 9.84 Å². The Balaban J connectivity index is 2.07. The van der Waals surface area contributed by atoms with Gasteiger partial charge in [0, 0.05) is 17.2 Å². The molecule has 6 heteroatoms. The number of aromatic hydroxyl groups is 1. The van der Waals surface area contributed by atoms with Crippen molar-refractivity contribution >= 4 is 17.5 Å². The molecule has 0 fully saturated rings. The number of hydrogen-bond donors (Lipinski definition) is 1. The molecule has 0 aromatic heterocycles. The molecule has 0 saturated carbocycles. The molecule has 1 N–H and O–H groups in total. The van der Waals surface area contributed by atoms with Crippen LogP contribution in [0, 0.1) is 24.0 Å². The van der Waals surface area contributed by atoms with Gasteiger partial charge in [-0.15, -0.1) is 0 Å². The van der Waals surface area contributed by atoms with Crippen LogP contribution in [0.1, 0.15) is 39.0 Å². The van der Waals surface area contributed by atoms with Gasteiger partial charge in [-0.2, -0.15) is 0 Å². The maximum Gasteiger partial charge on any atom is 0.315 e. The van der Waals surface area contributed by atoms with Crippen molar-refractivity contribution in [2.24, 2.45) is 0 Å². The number of nitro groups is 1. The number of hydrogen-bond acceptors (Lipinski definition) is 5. The van der Waals surface area contributed by atoms with Crippen LogP contribution in [0.25, 0.3) is 6.08 Å². The number of ether oxygens (including phenoxy) is 1. The lowest BCUT2D eigenvalue weighted by molar-refractivity contribution is -0.386. The Morgan fingerprint density at radius 2 is 1.92 bits per heavy atom. The molecule has 2 aromatic rings. The van der Waals surface area contributed by atoms with Gasteiger partial charge >= 0.3 is 5.69 Å². The number of ketones is 1. The first kappa shape index (κ1) is 17.7. The Kier molecular flexibility index (Phi) is 4.50. The molecule has 0 saturated heterocycles. The van der Waals surface area contributed by atoms with Crippen LogP contribution in [0.4, 0.5) is 5.69 Å². The summed E-state index contributed by atoms with van der Waals surface area (Å²) >= 11 is 0. The minimum absolute atomic E-state index is 0.00129. The molecule has 2 aromatic carbocycles. The van der Waals surface area contributed by atoms with Crippen LogP contribution in [0.15, 0.2) is 29.8 Å². The second-order valence-electron chi connectivity index (χ2n) is 6.45. The molecule has 1 aliphatic rings. The zero-order valence-corrected chi connectivity index (χ0v) is 14.8. The molecule has 3 rings (SSSR count). The summed E-state index contributed by atoms with van der Waals surface area (Å²) in [4.78, 5) is 23.3. The van der Waals surface area contributed by atoms with Crippen LogP contribution in [0.5, 0.6) is 11.5 Å². The van der Waals surface area contributed by atoms with E-state index >= 15 is 0 Å². The predicted molar refractivity (Wildman–Crippen MR) is 97.9 cm³/mol. The highest BCUT2D eigenvalue weighted by atomic mass is 16.6. The van der Waals surface area contributed by atoms with Gasteiger partial charge in [0.2, 0.25) is 5.75 Å². The van der Waals surface area contributed by atoms with E-state index in [0.717, 1.165) is 23.1 Å². The molecule has 134 valence electrons. The second kappa shape index (κ2) is 6.63. The molecular formula is C20H19NO5. The van der Waals surface area contributed by atoms with Crippen LogP contribution in [0.3, 0.4) is 0 Å². The molecule has 26 heavy (non-hydrogen) atoms. The molecule has 0 aliphatic heterocycles. The first-order valence-electron chi connectivity index (χ1n) is 8.22. The van der Waals surface area contributed by atoms with Crippen molar-refractivity contribution in [1.82, 2.24) is 0 Å². The van der Waals surface area contributed by atoms with Gasteiger partial charge in [-0.05, 0) is 61.6 Å². The smallest absolute Gasteiger partial charge is 0.315 e. The number of Topliss-reactive ketones (excluding diaryl/α,β-unsaturated/α-hetero) is 1. The number of carbonyl (C=O) groups excluding carboxylic acids is 1. The number of methoxy groups -OCH3 is 1. The van der Waals surface area contributed by atoms with Gasteiger partial charge in [-0.25, -0.2) is 0 Å². The normalized spacial score (nSPS) is 15.0. The Bertz CT molecular complexity index is 959. The van der Waals surface area contributed by atoms with E-state index in [1.807, 2.05) is 19.9 Å². The summed E-state index contributed by atoms with van der Waals surface area (Å²) in [5.41, 5.74) is 4.47. The maximum atomic E-state index is 12.9. The SMILES string of the molecule is COc1cc(/C=C2/CCc3c(C)cc(C)cc3C2=O)cc([N+](=O)[O-])c1O. The van der Waals surface area contributed by atoms with Crippen molar-refractivity contribution in [2.75, 3.05) is 7.11 Å². The van der Waals surface area contributed by atoms with E-state index in [0.29, 0.717) is 23.1 Å². The highest BCUT2D eigenvalue weighted by molar-refractivity contribution is 6.13. The van der Waals surface area contributed by atoms with Gasteiger partial charge in [-0.1, -0.05) is 11.6 Å². The third kappa shape index (κ3) is 3.06. The zero-order valence-electron chi connectivity index (χ0n) is 14.8. The number of benzene rings is 2. The van der Waals surface area contributed by atoms with Crippen molar-refractivity contribution in [1.29, 1.82) is 0 Å². The van der Waals surface area contributed by atoms with Crippen molar-refractivity contribution in [3.05, 3.63) is 67.8 Å². The summed E-state index contributed by atoms with van der Waals surface area (Å²) in [6.45, 7) is 3.95. The van der Waals surface area contributed by atoms with E-state index in [-0.39, 0.29) is 11.5 Å². The van der Waals surface area contributed by atoms with Gasteiger partial charge in [0.1, 0.15) is 0 Å². The van der Waals surface area contributed by atoms with Crippen LogP contribution in [-0.2, 0) is 6.42 Å². The number of phenolic OH excluding ortho intramolecular Hbond substituents is 1. The number of aryl methyl sites for hydroxylation is 2. The van der Waals surface area contributed by atoms with E-state index < -0.39 is 16.4 Å². The lowest BCUT2D eigenvalue weighted by atomic mass is 9.83. The van der Waals surface area contributed by atoms with Crippen molar-refractivity contribution in [3.63, 3.8) is 0 Å². The fourth-order valence-electron chi connectivity index (χ4n) is 3.41. The average Bonchev–Trinajstić information content (AvgIpc) is 2.58. The lowest BCUT2D eigenvalue weighted by Gasteiger charge is -2.20. The van der Waals surface area contributed by atoms with Crippen molar-refractivity contribution < 1.29 is 19.6 Å². The largest absolute Gasteiger partial charge is 0.500 e. The zero-order chi connectivity index (χ0) is 19.0. The Hall–Kier alpha value is -3.15. The quantitative estimate of drug-likeness (QED) is 0.509. The van der Waals surface area contributed by atoms with Gasteiger partial charge in [-0.3, -0.25) is 14.9 Å². The standard InChI is InChI=1S/C20H19NO5/c1-11-6-12(2)15-5-4-14(19(22)16(15)7-11)8-13-9-17(21(24)25)20(23)18(10-13)26-3/h6-10,23H,4-5H2,1-3H3/b14-8-. The summed E-state index contributed by atoms with van der Waals surface area (Å²) in [6.07, 6.45) is 2.95. The molecule has 0 amide bonds. The predicted octanol–water partition coefficient (Wildman–Crippen LogP) is 4.14. The molecule has 0 atom stereocenters. The molecule has 0 spiro atoms. The topological polar surface area (TPSA) is 89.7 Å². The summed E-state index contributed by atoms with van der Waals surface area (Å²) in [6, 6.07) is 6.68. The molecule has 0 heterocycles. The molecular weight excluding hydrogens is 334 g/mol. The molecule has 0 bridgehead atoms. The van der Waals surface area contributed by atoms with Crippen LogP contribution >= 0.6 is 0 Å². The summed E-state index contributed by atoms with van der Waals surface area (Å²) in [5, 5.41) is 21.0. The number of allylic oxidation sites excluding steroid dienone is 1. The van der Waals surface area contributed by atoms with Crippen molar-refractivity contribution in [2.45, 2.75) is 26.7 Å². The Morgan fingerprint density at radius 3 is 2.58 bits per heavy atom.